The lowest BCUT2D eigenvalue weighted by molar-refractivity contribution is -0.144. The molecule has 0 fully saturated rings. The predicted octanol–water partition coefficient (Wildman–Crippen LogP) is 5.95. The van der Waals surface area contributed by atoms with Crippen LogP contribution >= 0.6 is 11.6 Å². The summed E-state index contributed by atoms with van der Waals surface area (Å²) in [7, 11) is 0. The Balaban J connectivity index is 1.46. The van der Waals surface area contributed by atoms with Crippen LogP contribution in [0.15, 0.2) is 66.7 Å². The van der Waals surface area contributed by atoms with Crippen molar-refractivity contribution < 1.29 is 32.6 Å². The van der Waals surface area contributed by atoms with Gasteiger partial charge in [-0.05, 0) is 59.5 Å². The SMILES string of the molecule is C[C@]1(Cc2ccc(Cl)cc2)Cc2cc(CC(=O)N(CC(=O)O)Cc3cccc(C(F)(F)F)c3)ccc2O1. The summed E-state index contributed by atoms with van der Waals surface area (Å²) in [5.41, 5.74) is 1.55. The average molecular weight is 532 g/mol. The molecule has 0 aromatic heterocycles. The zero-order valence-electron chi connectivity index (χ0n) is 20.0. The van der Waals surface area contributed by atoms with Gasteiger partial charge in [-0.3, -0.25) is 9.59 Å². The van der Waals surface area contributed by atoms with E-state index >= 15 is 0 Å². The topological polar surface area (TPSA) is 66.8 Å². The number of carboxylic acid groups (broad SMARTS) is 1. The molecule has 0 saturated carbocycles. The lowest BCUT2D eigenvalue weighted by Crippen LogP contribution is -2.36. The Bertz CT molecular complexity index is 1310. The molecule has 1 amide bonds. The number of fused-ring (bicyclic) bond motifs is 1. The van der Waals surface area contributed by atoms with E-state index in [0.717, 1.165) is 33.9 Å². The van der Waals surface area contributed by atoms with Crippen molar-refractivity contribution >= 4 is 23.5 Å². The van der Waals surface area contributed by atoms with Gasteiger partial charge in [0, 0.05) is 24.4 Å². The van der Waals surface area contributed by atoms with E-state index in [-0.39, 0.29) is 18.5 Å². The van der Waals surface area contributed by atoms with E-state index in [1.807, 2.05) is 37.3 Å². The standard InChI is InChI=1S/C28H25ClF3NO4/c1-27(14-18-5-8-23(29)9-6-18)15-21-11-19(7-10-24(21)37-27)13-25(34)33(17-26(35)36)16-20-3-2-4-22(12-20)28(30,31)32/h2-12H,13-17H2,1H3,(H,35,36)/t27-/m0/s1. The summed E-state index contributed by atoms with van der Waals surface area (Å²) in [6, 6.07) is 17.5. The summed E-state index contributed by atoms with van der Waals surface area (Å²) in [5.74, 6) is -1.03. The number of hydrogen-bond acceptors (Lipinski definition) is 3. The van der Waals surface area contributed by atoms with Crippen LogP contribution in [-0.2, 0) is 41.6 Å². The third-order valence-electron chi connectivity index (χ3n) is 6.20. The third-order valence-corrected chi connectivity index (χ3v) is 6.45. The second-order valence-corrected chi connectivity index (χ2v) is 9.93. The fourth-order valence-corrected chi connectivity index (χ4v) is 4.69. The molecule has 1 N–H and O–H groups in total. The first kappa shape index (κ1) is 26.5. The van der Waals surface area contributed by atoms with Crippen LogP contribution < -0.4 is 4.74 Å². The van der Waals surface area contributed by atoms with E-state index in [2.05, 4.69) is 0 Å². The largest absolute Gasteiger partial charge is 0.487 e. The first-order chi connectivity index (χ1) is 17.4. The second kappa shape index (κ2) is 10.5. The van der Waals surface area contributed by atoms with E-state index in [1.165, 1.54) is 12.1 Å². The van der Waals surface area contributed by atoms with Gasteiger partial charge in [0.15, 0.2) is 0 Å². The maximum atomic E-state index is 13.1. The van der Waals surface area contributed by atoms with Gasteiger partial charge in [0.1, 0.15) is 17.9 Å². The molecule has 9 heteroatoms. The van der Waals surface area contributed by atoms with Gasteiger partial charge in [0.2, 0.25) is 5.91 Å². The monoisotopic (exact) mass is 531 g/mol. The summed E-state index contributed by atoms with van der Waals surface area (Å²) < 4.78 is 45.4. The van der Waals surface area contributed by atoms with Gasteiger partial charge in [-0.1, -0.05) is 48.0 Å². The quantitative estimate of drug-likeness (QED) is 0.390. The van der Waals surface area contributed by atoms with Gasteiger partial charge in [-0.25, -0.2) is 0 Å². The van der Waals surface area contributed by atoms with Crippen LogP contribution in [0, 0.1) is 0 Å². The number of carbonyl (C=O) groups excluding carboxylic acids is 1. The Morgan fingerprint density at radius 3 is 2.41 bits per heavy atom. The molecule has 1 aliphatic rings. The first-order valence-electron chi connectivity index (χ1n) is 11.6. The Morgan fingerprint density at radius 2 is 1.73 bits per heavy atom. The zero-order chi connectivity index (χ0) is 26.8. The van der Waals surface area contributed by atoms with E-state index in [9.17, 15) is 27.9 Å². The van der Waals surface area contributed by atoms with Crippen LogP contribution in [0.25, 0.3) is 0 Å². The molecule has 0 bridgehead atoms. The van der Waals surface area contributed by atoms with Gasteiger partial charge in [-0.2, -0.15) is 13.2 Å². The number of rotatable bonds is 8. The number of amides is 1. The number of carbonyl (C=O) groups is 2. The van der Waals surface area contributed by atoms with Crippen LogP contribution in [0.2, 0.25) is 5.02 Å². The minimum absolute atomic E-state index is 0.0899. The maximum Gasteiger partial charge on any atom is 0.416 e. The van der Waals surface area contributed by atoms with E-state index in [4.69, 9.17) is 16.3 Å². The van der Waals surface area contributed by atoms with Crippen LogP contribution in [-0.4, -0.2) is 34.0 Å². The molecule has 1 atom stereocenters. The van der Waals surface area contributed by atoms with Gasteiger partial charge in [0.05, 0.1) is 12.0 Å². The van der Waals surface area contributed by atoms with Crippen molar-refractivity contribution in [3.63, 3.8) is 0 Å². The minimum atomic E-state index is -4.54. The molecule has 0 unspecified atom stereocenters. The number of aliphatic carboxylic acids is 1. The molecule has 3 aromatic rings. The normalized spacial score (nSPS) is 16.7. The summed E-state index contributed by atoms with van der Waals surface area (Å²) in [6.45, 7) is 1.14. The Labute approximate surface area is 217 Å². The van der Waals surface area contributed by atoms with E-state index in [0.29, 0.717) is 23.4 Å². The van der Waals surface area contributed by atoms with E-state index < -0.39 is 35.8 Å². The molecule has 0 saturated heterocycles. The summed E-state index contributed by atoms with van der Waals surface area (Å²) >= 11 is 5.98. The molecule has 3 aromatic carbocycles. The smallest absolute Gasteiger partial charge is 0.416 e. The number of alkyl halides is 3. The summed E-state index contributed by atoms with van der Waals surface area (Å²) in [6.07, 6.45) is -3.34. The van der Waals surface area contributed by atoms with Crippen LogP contribution in [0.5, 0.6) is 5.75 Å². The number of hydrogen-bond donors (Lipinski definition) is 1. The molecule has 5 nitrogen and oxygen atoms in total. The Hall–Kier alpha value is -3.52. The van der Waals surface area contributed by atoms with Crippen molar-refractivity contribution in [3.05, 3.63) is 99.6 Å². The van der Waals surface area contributed by atoms with Crippen molar-refractivity contribution in [2.75, 3.05) is 6.54 Å². The molecule has 0 spiro atoms. The van der Waals surface area contributed by atoms with Crippen molar-refractivity contribution in [1.82, 2.24) is 4.90 Å². The predicted molar refractivity (Wildman–Crippen MR) is 133 cm³/mol. The Morgan fingerprint density at radius 1 is 1.03 bits per heavy atom. The second-order valence-electron chi connectivity index (χ2n) is 9.49. The van der Waals surface area contributed by atoms with E-state index in [1.54, 1.807) is 12.1 Å². The molecule has 37 heavy (non-hydrogen) atoms. The number of carboxylic acids is 1. The highest BCUT2D eigenvalue weighted by molar-refractivity contribution is 6.30. The molecule has 1 heterocycles. The van der Waals surface area contributed by atoms with Gasteiger partial charge in [-0.15, -0.1) is 0 Å². The molecule has 4 rings (SSSR count). The first-order valence-corrected chi connectivity index (χ1v) is 12.0. The summed E-state index contributed by atoms with van der Waals surface area (Å²) in [4.78, 5) is 25.5. The highest BCUT2D eigenvalue weighted by atomic mass is 35.5. The van der Waals surface area contributed by atoms with Crippen molar-refractivity contribution in [3.8, 4) is 5.75 Å². The number of benzene rings is 3. The van der Waals surface area contributed by atoms with Crippen LogP contribution in [0.3, 0.4) is 0 Å². The fraction of sp³-hybridized carbons (Fsp3) is 0.286. The van der Waals surface area contributed by atoms with Gasteiger partial charge >= 0.3 is 12.1 Å². The Kier molecular flexibility index (Phi) is 7.50. The van der Waals surface area contributed by atoms with Crippen molar-refractivity contribution in [2.45, 2.75) is 44.5 Å². The van der Waals surface area contributed by atoms with Gasteiger partial charge in [0.25, 0.3) is 0 Å². The maximum absolute atomic E-state index is 13.1. The lowest BCUT2D eigenvalue weighted by atomic mass is 9.91. The third kappa shape index (κ3) is 6.83. The fourth-order valence-electron chi connectivity index (χ4n) is 4.57. The molecule has 0 aliphatic carbocycles. The molecule has 1 aliphatic heterocycles. The lowest BCUT2D eigenvalue weighted by Gasteiger charge is -2.24. The minimum Gasteiger partial charge on any atom is -0.487 e. The number of halogens is 4. The van der Waals surface area contributed by atoms with Crippen LogP contribution in [0.1, 0.15) is 34.7 Å². The van der Waals surface area contributed by atoms with Crippen molar-refractivity contribution in [1.29, 1.82) is 0 Å². The number of nitrogens with zero attached hydrogens (tertiary/aromatic N) is 1. The molecule has 0 radical (unpaired) electrons. The number of ether oxygens (including phenoxy) is 1. The highest BCUT2D eigenvalue weighted by Crippen LogP contribution is 2.38. The highest BCUT2D eigenvalue weighted by Gasteiger charge is 2.35. The van der Waals surface area contributed by atoms with Crippen LogP contribution in [0.4, 0.5) is 13.2 Å². The molecule has 194 valence electrons. The summed E-state index contributed by atoms with van der Waals surface area (Å²) in [5, 5.41) is 9.94. The van der Waals surface area contributed by atoms with Gasteiger partial charge < -0.3 is 14.7 Å². The molecular formula is C28H25ClF3NO4. The van der Waals surface area contributed by atoms with Crippen molar-refractivity contribution in [2.24, 2.45) is 0 Å². The zero-order valence-corrected chi connectivity index (χ0v) is 20.8. The average Bonchev–Trinajstić information content (AvgIpc) is 3.14. The molecular weight excluding hydrogens is 507 g/mol.